The minimum Gasteiger partial charge on any atom is -0.309 e. The van der Waals surface area contributed by atoms with Crippen LogP contribution in [0.3, 0.4) is 0 Å². The second kappa shape index (κ2) is 10.0. The summed E-state index contributed by atoms with van der Waals surface area (Å²) in [6.45, 7) is 0. The van der Waals surface area contributed by atoms with Gasteiger partial charge in [0.1, 0.15) is 0 Å². The van der Waals surface area contributed by atoms with Crippen molar-refractivity contribution in [3.05, 3.63) is 151 Å². The fraction of sp³-hybridized carbons (Fsp3) is 0. The van der Waals surface area contributed by atoms with Crippen molar-refractivity contribution in [2.24, 2.45) is 0 Å². The number of benzene rings is 6. The second-order valence-corrected chi connectivity index (χ2v) is 11.2. The molecule has 3 heterocycles. The molecule has 0 saturated heterocycles. The first-order valence-electron chi connectivity index (χ1n) is 19.8. The van der Waals surface area contributed by atoms with Gasteiger partial charge in [0.2, 0.25) is 0 Å². The summed E-state index contributed by atoms with van der Waals surface area (Å²) in [5.41, 5.74) is 0.947. The van der Waals surface area contributed by atoms with Crippen LogP contribution >= 0.6 is 11.3 Å². The number of hydrogen-bond donors (Lipinski definition) is 0. The monoisotopic (exact) mass is 591 g/mol. The van der Waals surface area contributed by atoms with Crippen LogP contribution in [0.1, 0.15) is 16.4 Å². The highest BCUT2D eigenvalue weighted by Crippen LogP contribution is 2.42. The molecule has 9 rings (SSSR count). The lowest BCUT2D eigenvalue weighted by Crippen LogP contribution is -1.99. The van der Waals surface area contributed by atoms with Crippen LogP contribution in [0.15, 0.2) is 151 Å². The van der Waals surface area contributed by atoms with Gasteiger partial charge in [0.15, 0.2) is 5.82 Å². The predicted molar refractivity (Wildman–Crippen MR) is 186 cm³/mol. The molecule has 0 amide bonds. The molecule has 0 atom stereocenters. The maximum Gasteiger partial charge on any atom is 0.160 e. The first-order chi connectivity index (χ1) is 26.8. The third kappa shape index (κ3) is 3.89. The highest BCUT2D eigenvalue weighted by atomic mass is 32.1. The molecule has 9 aromatic rings. The molecule has 3 aromatic heterocycles. The first-order valence-corrected chi connectivity index (χ1v) is 14.6. The maximum absolute atomic E-state index is 9.42. The van der Waals surface area contributed by atoms with Crippen molar-refractivity contribution < 1.29 is 16.4 Å². The van der Waals surface area contributed by atoms with Gasteiger partial charge in [-0.2, -0.15) is 0 Å². The number of hydrogen-bond acceptors (Lipinski definition) is 3. The van der Waals surface area contributed by atoms with Crippen molar-refractivity contribution >= 4 is 53.3 Å². The average molecular weight is 592 g/mol. The summed E-state index contributed by atoms with van der Waals surface area (Å²) in [5.74, 6) is 0.250. The molecule has 44 heavy (non-hydrogen) atoms. The minimum atomic E-state index is -0.695. The van der Waals surface area contributed by atoms with Gasteiger partial charge in [0, 0.05) is 53.3 Å². The van der Waals surface area contributed by atoms with Crippen LogP contribution in [-0.2, 0) is 0 Å². The average Bonchev–Trinajstić information content (AvgIpc) is 3.77. The largest absolute Gasteiger partial charge is 0.309 e. The number of nitrogens with zero attached hydrogens (tertiary/aromatic N) is 3. The van der Waals surface area contributed by atoms with Crippen LogP contribution in [0.5, 0.6) is 0 Å². The SMILES string of the molecule is [2H]c1c([2H])c([2H])c(-n2c3c([2H])c([2H])c([2H])c([2H])c3c3c([2H])c([2H])c([2H])c(-c4cc(-c5cccc6c5sc5ccccc56)nc(-c5ccccc5)n4)c32)c([2H])c1[2H]. The zero-order valence-electron chi connectivity index (χ0n) is 34.8. The topological polar surface area (TPSA) is 30.7 Å². The fourth-order valence-corrected chi connectivity index (χ4v) is 6.94. The van der Waals surface area contributed by atoms with E-state index in [0.717, 1.165) is 30.3 Å². The molecular formula is C40H25N3S. The molecule has 0 saturated carbocycles. The smallest absolute Gasteiger partial charge is 0.160 e. The Hall–Kier alpha value is -5.58. The van der Waals surface area contributed by atoms with Gasteiger partial charge < -0.3 is 4.57 Å². The Bertz CT molecular complexity index is 3150. The van der Waals surface area contributed by atoms with E-state index in [0.29, 0.717) is 11.3 Å². The lowest BCUT2D eigenvalue weighted by atomic mass is 10.0. The zero-order chi connectivity index (χ0) is 39.5. The highest BCUT2D eigenvalue weighted by molar-refractivity contribution is 7.26. The van der Waals surface area contributed by atoms with E-state index in [1.54, 1.807) is 17.4 Å². The van der Waals surface area contributed by atoms with Gasteiger partial charge in [-0.15, -0.1) is 11.3 Å². The summed E-state index contributed by atoms with van der Waals surface area (Å²) in [4.78, 5) is 9.94. The standard InChI is InChI=1S/C40H25N3S/c1-3-13-26(14-4-1)40-41-34(25-35(42-40)33-22-12-20-31-29-18-8-10-24-37(29)44-39(31)33)32-21-11-19-30-28-17-7-9-23-36(28)43(38(30)32)27-15-5-2-6-16-27/h1-25H/i2D,5D,6D,7D,9D,11D,15D,16D,17D,19D,21D,23D. The lowest BCUT2D eigenvalue weighted by molar-refractivity contribution is 1.16. The summed E-state index contributed by atoms with van der Waals surface area (Å²) in [7, 11) is 0. The molecule has 206 valence electrons. The van der Waals surface area contributed by atoms with Crippen molar-refractivity contribution in [1.82, 2.24) is 14.5 Å². The summed E-state index contributed by atoms with van der Waals surface area (Å²) in [6.07, 6.45) is 0. The van der Waals surface area contributed by atoms with Gasteiger partial charge in [-0.3, -0.25) is 0 Å². The molecule has 0 aliphatic rings. The van der Waals surface area contributed by atoms with Crippen LogP contribution < -0.4 is 0 Å². The Morgan fingerprint density at radius 2 is 1.30 bits per heavy atom. The second-order valence-electron chi connectivity index (χ2n) is 10.1. The van der Waals surface area contributed by atoms with E-state index >= 15 is 0 Å². The van der Waals surface area contributed by atoms with E-state index in [4.69, 9.17) is 25.0 Å². The van der Waals surface area contributed by atoms with Gasteiger partial charge >= 0.3 is 0 Å². The molecule has 0 N–H and O–H groups in total. The van der Waals surface area contributed by atoms with Gasteiger partial charge in [-0.25, -0.2) is 9.97 Å². The maximum atomic E-state index is 9.42. The first kappa shape index (κ1) is 15.8. The quantitative estimate of drug-likeness (QED) is 0.204. The van der Waals surface area contributed by atoms with Crippen LogP contribution in [0, 0.1) is 0 Å². The van der Waals surface area contributed by atoms with Crippen molar-refractivity contribution in [3.63, 3.8) is 0 Å². The molecule has 6 aromatic carbocycles. The number of rotatable bonds is 4. The summed E-state index contributed by atoms with van der Waals surface area (Å²) >= 11 is 1.59. The Morgan fingerprint density at radius 1 is 0.568 bits per heavy atom. The molecule has 0 aliphatic heterocycles. The Labute approximate surface area is 275 Å². The molecule has 4 heteroatoms. The molecular weight excluding hydrogens is 555 g/mol. The summed E-state index contributed by atoms with van der Waals surface area (Å²) in [6, 6.07) is 17.2. The Kier molecular flexibility index (Phi) is 3.59. The molecule has 0 fully saturated rings. The van der Waals surface area contributed by atoms with Crippen LogP contribution in [0.4, 0.5) is 0 Å². The van der Waals surface area contributed by atoms with Crippen molar-refractivity contribution in [3.8, 4) is 39.6 Å². The molecule has 0 radical (unpaired) electrons. The fourth-order valence-electron chi connectivity index (χ4n) is 5.71. The summed E-state index contributed by atoms with van der Waals surface area (Å²) < 4.78 is 109. The van der Waals surface area contributed by atoms with E-state index in [2.05, 4.69) is 0 Å². The Morgan fingerprint density at radius 3 is 2.18 bits per heavy atom. The zero-order valence-corrected chi connectivity index (χ0v) is 23.6. The number of fused-ring (bicyclic) bond motifs is 6. The van der Waals surface area contributed by atoms with Crippen LogP contribution in [-0.4, -0.2) is 14.5 Å². The van der Waals surface area contributed by atoms with Gasteiger partial charge in [0.05, 0.1) is 38.9 Å². The highest BCUT2D eigenvalue weighted by Gasteiger charge is 2.20. The molecule has 0 unspecified atom stereocenters. The third-order valence-corrected chi connectivity index (χ3v) is 8.84. The van der Waals surface area contributed by atoms with Crippen molar-refractivity contribution in [2.45, 2.75) is 0 Å². The normalized spacial score (nSPS) is 15.5. The van der Waals surface area contributed by atoms with Crippen LogP contribution in [0.2, 0.25) is 0 Å². The van der Waals surface area contributed by atoms with Crippen LogP contribution in [0.25, 0.3) is 81.6 Å². The third-order valence-electron chi connectivity index (χ3n) is 7.62. The van der Waals surface area contributed by atoms with E-state index in [1.807, 2.05) is 72.8 Å². The minimum absolute atomic E-state index is 0.0853. The van der Waals surface area contributed by atoms with Crippen molar-refractivity contribution in [2.75, 3.05) is 0 Å². The van der Waals surface area contributed by atoms with E-state index < -0.39 is 78.2 Å². The molecule has 0 spiro atoms. The molecule has 3 nitrogen and oxygen atoms in total. The number of aromatic nitrogens is 3. The van der Waals surface area contributed by atoms with Crippen molar-refractivity contribution in [1.29, 1.82) is 0 Å². The predicted octanol–water partition coefficient (Wildman–Crippen LogP) is 10.9. The van der Waals surface area contributed by atoms with Gasteiger partial charge in [0.25, 0.3) is 0 Å². The van der Waals surface area contributed by atoms with Gasteiger partial charge in [-0.1, -0.05) is 121 Å². The lowest BCUT2D eigenvalue weighted by Gasteiger charge is -2.13. The van der Waals surface area contributed by atoms with Gasteiger partial charge in [-0.05, 0) is 30.3 Å². The Balaban J connectivity index is 1.51. The van der Waals surface area contributed by atoms with E-state index in [-0.39, 0.29) is 38.9 Å². The summed E-state index contributed by atoms with van der Waals surface area (Å²) in [5, 5.41) is 1.70. The number of para-hydroxylation sites is 3. The number of thiophene rings is 1. The molecule has 0 bridgehead atoms. The molecule has 0 aliphatic carbocycles. The van der Waals surface area contributed by atoms with E-state index in [1.165, 1.54) is 0 Å². The van der Waals surface area contributed by atoms with E-state index in [9.17, 15) is 1.37 Å².